The summed E-state index contributed by atoms with van der Waals surface area (Å²) in [5, 5.41) is 0. The Bertz CT molecular complexity index is 938. The number of benzene rings is 1. The zero-order valence-corrected chi connectivity index (χ0v) is 14.5. The van der Waals surface area contributed by atoms with E-state index in [0.717, 1.165) is 18.2 Å². The van der Waals surface area contributed by atoms with Crippen molar-refractivity contribution in [3.05, 3.63) is 47.8 Å². The average Bonchev–Trinajstić information content (AvgIpc) is 2.97. The third-order valence-corrected chi connectivity index (χ3v) is 5.39. The number of halogens is 2. The minimum atomic E-state index is -4.03. The zero-order chi connectivity index (χ0) is 18.4. The summed E-state index contributed by atoms with van der Waals surface area (Å²) in [6.45, 7) is 4.76. The number of carbonyl (C=O) groups is 1. The maximum absolute atomic E-state index is 13.2. The summed E-state index contributed by atoms with van der Waals surface area (Å²) in [5.74, 6) is -2.46. The Balaban J connectivity index is 1.90. The number of anilines is 1. The highest BCUT2D eigenvalue weighted by molar-refractivity contribution is 7.92. The van der Waals surface area contributed by atoms with Gasteiger partial charge in [-0.3, -0.25) is 9.52 Å². The maximum Gasteiger partial charge on any atom is 0.270 e. The summed E-state index contributed by atoms with van der Waals surface area (Å²) >= 11 is 0. The summed E-state index contributed by atoms with van der Waals surface area (Å²) in [6, 6.07) is 4.02. The second kappa shape index (κ2) is 6.14. The van der Waals surface area contributed by atoms with E-state index in [1.165, 1.54) is 12.3 Å². The van der Waals surface area contributed by atoms with Crippen molar-refractivity contribution in [2.45, 2.75) is 31.3 Å². The molecule has 0 atom stereocenters. The summed E-state index contributed by atoms with van der Waals surface area (Å²) in [7, 11) is -4.03. The summed E-state index contributed by atoms with van der Waals surface area (Å²) in [4.78, 5) is 14.0. The van der Waals surface area contributed by atoms with Crippen LogP contribution in [0.1, 0.15) is 24.3 Å². The molecular weight excluding hydrogens is 352 g/mol. The number of hydrogen-bond acceptors (Lipinski definition) is 3. The fraction of sp³-hybridized carbons (Fsp3) is 0.312. The molecule has 0 saturated heterocycles. The van der Waals surface area contributed by atoms with Crippen molar-refractivity contribution in [3.63, 3.8) is 0 Å². The second-order valence-corrected chi connectivity index (χ2v) is 7.76. The van der Waals surface area contributed by atoms with E-state index in [4.69, 9.17) is 0 Å². The molecule has 134 valence electrons. The quantitative estimate of drug-likeness (QED) is 0.900. The molecule has 1 aliphatic rings. The number of nitrogens with zero attached hydrogens (tertiary/aromatic N) is 2. The van der Waals surface area contributed by atoms with Crippen molar-refractivity contribution in [1.82, 2.24) is 9.47 Å². The summed E-state index contributed by atoms with van der Waals surface area (Å²) in [6.07, 6.45) is 1.37. The van der Waals surface area contributed by atoms with E-state index < -0.39 is 21.7 Å². The normalized spacial score (nSPS) is 14.8. The van der Waals surface area contributed by atoms with Crippen molar-refractivity contribution >= 4 is 21.6 Å². The van der Waals surface area contributed by atoms with Gasteiger partial charge in [0.15, 0.2) is 11.6 Å². The van der Waals surface area contributed by atoms with E-state index in [9.17, 15) is 22.0 Å². The number of aromatic nitrogens is 1. The van der Waals surface area contributed by atoms with Crippen LogP contribution in [-0.2, 0) is 16.6 Å². The molecule has 2 aromatic rings. The molecule has 0 aliphatic carbocycles. The molecule has 1 aliphatic heterocycles. The molecule has 0 unspecified atom stereocenters. The number of amides is 1. The van der Waals surface area contributed by atoms with Crippen LogP contribution < -0.4 is 4.72 Å². The Morgan fingerprint density at radius 2 is 1.84 bits per heavy atom. The molecule has 2 heterocycles. The van der Waals surface area contributed by atoms with Crippen molar-refractivity contribution in [2.75, 3.05) is 11.3 Å². The minimum absolute atomic E-state index is 0.0107. The van der Waals surface area contributed by atoms with Gasteiger partial charge in [-0.25, -0.2) is 17.2 Å². The van der Waals surface area contributed by atoms with Gasteiger partial charge in [-0.15, -0.1) is 0 Å². The molecule has 0 bridgehead atoms. The lowest BCUT2D eigenvalue weighted by Gasteiger charge is -2.31. The van der Waals surface area contributed by atoms with Crippen LogP contribution >= 0.6 is 0 Å². The molecule has 0 fully saturated rings. The standard InChI is InChI=1S/C16H17F2N3O3S/c1-10(2)21-6-5-20-9-12(8-15(20)16(21)22)25(23,24)19-11-3-4-13(17)14(18)7-11/h3-4,7-10,19H,5-6H2,1-2H3. The molecular formula is C16H17F2N3O3S. The molecule has 3 rings (SSSR count). The second-order valence-electron chi connectivity index (χ2n) is 6.08. The monoisotopic (exact) mass is 369 g/mol. The van der Waals surface area contributed by atoms with Crippen molar-refractivity contribution in [1.29, 1.82) is 0 Å². The number of sulfonamides is 1. The molecule has 1 N–H and O–H groups in total. The van der Waals surface area contributed by atoms with Gasteiger partial charge in [0.2, 0.25) is 0 Å². The van der Waals surface area contributed by atoms with Crippen LogP contribution in [-0.4, -0.2) is 36.4 Å². The van der Waals surface area contributed by atoms with E-state index >= 15 is 0 Å². The van der Waals surface area contributed by atoms with Gasteiger partial charge in [-0.05, 0) is 32.0 Å². The van der Waals surface area contributed by atoms with Crippen LogP contribution in [0.4, 0.5) is 14.5 Å². The number of rotatable bonds is 4. The van der Waals surface area contributed by atoms with E-state index in [1.54, 1.807) is 9.47 Å². The molecule has 1 aromatic carbocycles. The van der Waals surface area contributed by atoms with Crippen molar-refractivity contribution < 1.29 is 22.0 Å². The minimum Gasteiger partial charge on any atom is -0.340 e. The Morgan fingerprint density at radius 3 is 2.48 bits per heavy atom. The van der Waals surface area contributed by atoms with Gasteiger partial charge in [-0.2, -0.15) is 0 Å². The molecule has 9 heteroatoms. The fourth-order valence-corrected chi connectivity index (χ4v) is 3.81. The third kappa shape index (κ3) is 3.23. The average molecular weight is 369 g/mol. The number of fused-ring (bicyclic) bond motifs is 1. The highest BCUT2D eigenvalue weighted by atomic mass is 32.2. The van der Waals surface area contributed by atoms with Gasteiger partial charge in [0.25, 0.3) is 15.9 Å². The first-order valence-corrected chi connectivity index (χ1v) is 9.16. The number of nitrogens with one attached hydrogen (secondary N) is 1. The van der Waals surface area contributed by atoms with Gasteiger partial charge in [-0.1, -0.05) is 0 Å². The molecule has 0 radical (unpaired) electrons. The lowest BCUT2D eigenvalue weighted by molar-refractivity contribution is 0.0649. The van der Waals surface area contributed by atoms with Crippen LogP contribution in [0, 0.1) is 11.6 Å². The van der Waals surface area contributed by atoms with Gasteiger partial charge in [0.05, 0.1) is 5.69 Å². The maximum atomic E-state index is 13.2. The highest BCUT2D eigenvalue weighted by Gasteiger charge is 2.29. The van der Waals surface area contributed by atoms with Gasteiger partial charge in [0.1, 0.15) is 10.6 Å². The predicted octanol–water partition coefficient (Wildman–Crippen LogP) is 2.43. The van der Waals surface area contributed by atoms with Crippen LogP contribution in [0.3, 0.4) is 0 Å². The molecule has 1 amide bonds. The highest BCUT2D eigenvalue weighted by Crippen LogP contribution is 2.23. The van der Waals surface area contributed by atoms with Gasteiger partial charge < -0.3 is 9.47 Å². The van der Waals surface area contributed by atoms with E-state index in [1.807, 2.05) is 13.8 Å². The topological polar surface area (TPSA) is 71.4 Å². The van der Waals surface area contributed by atoms with E-state index in [0.29, 0.717) is 13.1 Å². The Labute approximate surface area is 144 Å². The zero-order valence-electron chi connectivity index (χ0n) is 13.7. The molecule has 25 heavy (non-hydrogen) atoms. The van der Waals surface area contributed by atoms with Crippen LogP contribution in [0.5, 0.6) is 0 Å². The molecule has 0 spiro atoms. The van der Waals surface area contributed by atoms with Crippen LogP contribution in [0.25, 0.3) is 0 Å². The van der Waals surface area contributed by atoms with Crippen LogP contribution in [0.15, 0.2) is 35.4 Å². The van der Waals surface area contributed by atoms with Gasteiger partial charge in [0, 0.05) is 31.4 Å². The molecule has 6 nitrogen and oxygen atoms in total. The SMILES string of the molecule is CC(C)N1CCn2cc(S(=O)(=O)Nc3ccc(F)c(F)c3)cc2C1=O. The van der Waals surface area contributed by atoms with E-state index in [2.05, 4.69) is 4.72 Å². The Kier molecular flexibility index (Phi) is 4.28. The fourth-order valence-electron chi connectivity index (χ4n) is 2.73. The van der Waals surface area contributed by atoms with E-state index in [-0.39, 0.29) is 28.2 Å². The largest absolute Gasteiger partial charge is 0.340 e. The predicted molar refractivity (Wildman–Crippen MR) is 87.8 cm³/mol. The lowest BCUT2D eigenvalue weighted by Crippen LogP contribution is -2.43. The van der Waals surface area contributed by atoms with Crippen molar-refractivity contribution in [2.24, 2.45) is 0 Å². The summed E-state index contributed by atoms with van der Waals surface area (Å²) < 4.78 is 54.9. The van der Waals surface area contributed by atoms with Gasteiger partial charge >= 0.3 is 0 Å². The third-order valence-electron chi connectivity index (χ3n) is 4.04. The Morgan fingerprint density at radius 1 is 1.12 bits per heavy atom. The number of carbonyl (C=O) groups excluding carboxylic acids is 1. The Hall–Kier alpha value is -2.42. The molecule has 1 aromatic heterocycles. The van der Waals surface area contributed by atoms with Crippen LogP contribution in [0.2, 0.25) is 0 Å². The lowest BCUT2D eigenvalue weighted by atomic mass is 10.2. The summed E-state index contributed by atoms with van der Waals surface area (Å²) in [5.41, 5.74) is 0.184. The smallest absolute Gasteiger partial charge is 0.270 e. The first-order chi connectivity index (χ1) is 11.7. The first kappa shape index (κ1) is 17.4. The number of hydrogen-bond donors (Lipinski definition) is 1. The molecule has 0 saturated carbocycles. The first-order valence-electron chi connectivity index (χ1n) is 7.68. The van der Waals surface area contributed by atoms with Crippen molar-refractivity contribution in [3.8, 4) is 0 Å².